The van der Waals surface area contributed by atoms with Gasteiger partial charge in [-0.05, 0) is 61.3 Å². The fourth-order valence-electron chi connectivity index (χ4n) is 3.76. The number of anilines is 1. The number of carbonyl (C=O) groups is 1. The molecule has 2 aromatic rings. The molecule has 0 radical (unpaired) electrons. The Morgan fingerprint density at radius 3 is 2.66 bits per heavy atom. The van der Waals surface area contributed by atoms with Gasteiger partial charge in [-0.3, -0.25) is 9.69 Å². The van der Waals surface area contributed by atoms with E-state index in [1.165, 1.54) is 0 Å². The van der Waals surface area contributed by atoms with Crippen molar-refractivity contribution in [3.63, 3.8) is 0 Å². The first-order valence-corrected chi connectivity index (χ1v) is 10.4. The van der Waals surface area contributed by atoms with Crippen molar-refractivity contribution >= 4 is 23.4 Å². The van der Waals surface area contributed by atoms with Crippen molar-refractivity contribution in [2.45, 2.75) is 29.5 Å². The molecule has 2 heterocycles. The molecule has 2 aliphatic heterocycles. The second kappa shape index (κ2) is 9.00. The molecule has 1 N–H and O–H groups in total. The number of nitrogens with one attached hydrogen (secondary N) is 1. The van der Waals surface area contributed by atoms with Crippen molar-refractivity contribution in [3.8, 4) is 11.5 Å². The summed E-state index contributed by atoms with van der Waals surface area (Å²) in [6, 6.07) is 12.6. The number of hydrogen-bond acceptors (Lipinski definition) is 5. The molecule has 2 aromatic carbocycles. The maximum atomic E-state index is 12.5. The third-order valence-electron chi connectivity index (χ3n) is 5.02. The van der Waals surface area contributed by atoms with Crippen LogP contribution in [0.2, 0.25) is 0 Å². The Bertz CT molecular complexity index is 864. The number of halogens is 2. The quantitative estimate of drug-likeness (QED) is 0.695. The first-order chi connectivity index (χ1) is 14.1. The molecule has 29 heavy (non-hydrogen) atoms. The third-order valence-corrected chi connectivity index (χ3v) is 5.75. The summed E-state index contributed by atoms with van der Waals surface area (Å²) >= 11 is 0.486. The normalized spacial score (nSPS) is 18.8. The first kappa shape index (κ1) is 20.0. The highest BCUT2D eigenvalue weighted by molar-refractivity contribution is 7.99. The molecule has 4 rings (SSSR count). The van der Waals surface area contributed by atoms with Crippen LogP contribution >= 0.6 is 11.8 Å². The molecule has 154 valence electrons. The number of ether oxygens (including phenoxy) is 2. The van der Waals surface area contributed by atoms with E-state index in [4.69, 9.17) is 9.47 Å². The van der Waals surface area contributed by atoms with Crippen molar-refractivity contribution in [2.75, 3.05) is 31.6 Å². The zero-order chi connectivity index (χ0) is 20.2. The van der Waals surface area contributed by atoms with Crippen LogP contribution in [0.15, 0.2) is 47.4 Å². The lowest BCUT2D eigenvalue weighted by Crippen LogP contribution is -2.33. The number of carbonyl (C=O) groups excluding carboxylic acids is 1. The SMILES string of the molecule is O=C(CN1CCC[C@@H]1c1ccc2c(c1)OCCO2)Nc1ccc(SC(F)F)cc1. The molecule has 1 fully saturated rings. The average Bonchev–Trinajstić information content (AvgIpc) is 3.16. The minimum Gasteiger partial charge on any atom is -0.486 e. The van der Waals surface area contributed by atoms with Crippen molar-refractivity contribution in [1.29, 1.82) is 0 Å². The number of benzene rings is 2. The number of amides is 1. The Balaban J connectivity index is 1.37. The molecular weight excluding hydrogens is 398 g/mol. The molecule has 0 unspecified atom stereocenters. The van der Waals surface area contributed by atoms with Gasteiger partial charge in [-0.25, -0.2) is 0 Å². The van der Waals surface area contributed by atoms with Gasteiger partial charge in [0.2, 0.25) is 5.91 Å². The van der Waals surface area contributed by atoms with E-state index >= 15 is 0 Å². The van der Waals surface area contributed by atoms with Gasteiger partial charge in [0.1, 0.15) is 13.2 Å². The van der Waals surface area contributed by atoms with Crippen LogP contribution in [0.25, 0.3) is 0 Å². The number of alkyl halides is 2. The topological polar surface area (TPSA) is 50.8 Å². The number of hydrogen-bond donors (Lipinski definition) is 1. The van der Waals surface area contributed by atoms with Gasteiger partial charge in [-0.15, -0.1) is 0 Å². The summed E-state index contributed by atoms with van der Waals surface area (Å²) in [5, 5.41) is 2.85. The summed E-state index contributed by atoms with van der Waals surface area (Å²) in [5.74, 6) is -1.06. The summed E-state index contributed by atoms with van der Waals surface area (Å²) in [5.41, 5.74) is 1.72. The predicted molar refractivity (Wildman–Crippen MR) is 108 cm³/mol. The minimum atomic E-state index is -2.46. The summed E-state index contributed by atoms with van der Waals surface area (Å²) in [6.07, 6.45) is 2.00. The molecule has 8 heteroatoms. The van der Waals surface area contributed by atoms with Crippen LogP contribution in [0, 0.1) is 0 Å². The van der Waals surface area contributed by atoms with E-state index in [-0.39, 0.29) is 18.5 Å². The Kier molecular flexibility index (Phi) is 6.20. The van der Waals surface area contributed by atoms with Crippen LogP contribution in [0.5, 0.6) is 11.5 Å². The van der Waals surface area contributed by atoms with Gasteiger partial charge < -0.3 is 14.8 Å². The van der Waals surface area contributed by atoms with Crippen LogP contribution in [0.1, 0.15) is 24.4 Å². The van der Waals surface area contributed by atoms with E-state index in [2.05, 4.69) is 10.2 Å². The smallest absolute Gasteiger partial charge is 0.288 e. The van der Waals surface area contributed by atoms with Crippen molar-refractivity contribution < 1.29 is 23.0 Å². The summed E-state index contributed by atoms with van der Waals surface area (Å²) < 4.78 is 36.1. The molecule has 0 spiro atoms. The number of likely N-dealkylation sites (tertiary alicyclic amines) is 1. The minimum absolute atomic E-state index is 0.122. The summed E-state index contributed by atoms with van der Waals surface area (Å²) in [6.45, 7) is 2.22. The fourth-order valence-corrected chi connectivity index (χ4v) is 4.26. The van der Waals surface area contributed by atoms with Gasteiger partial charge >= 0.3 is 0 Å². The highest BCUT2D eigenvalue weighted by atomic mass is 32.2. The molecule has 0 bridgehead atoms. The van der Waals surface area contributed by atoms with Crippen molar-refractivity contribution in [1.82, 2.24) is 4.90 Å². The van der Waals surface area contributed by atoms with Crippen LogP contribution in [-0.2, 0) is 4.79 Å². The number of nitrogens with zero attached hydrogens (tertiary/aromatic N) is 1. The number of thioether (sulfide) groups is 1. The zero-order valence-corrected chi connectivity index (χ0v) is 16.6. The van der Waals surface area contributed by atoms with E-state index < -0.39 is 5.76 Å². The lowest BCUT2D eigenvalue weighted by Gasteiger charge is -2.26. The summed E-state index contributed by atoms with van der Waals surface area (Å²) in [4.78, 5) is 15.1. The first-order valence-electron chi connectivity index (χ1n) is 9.57. The lowest BCUT2D eigenvalue weighted by molar-refractivity contribution is -0.117. The van der Waals surface area contributed by atoms with Gasteiger partial charge in [-0.2, -0.15) is 8.78 Å². The van der Waals surface area contributed by atoms with E-state index in [0.29, 0.717) is 35.6 Å². The molecule has 5 nitrogen and oxygen atoms in total. The van der Waals surface area contributed by atoms with Crippen LogP contribution in [-0.4, -0.2) is 42.9 Å². The molecule has 0 saturated carbocycles. The van der Waals surface area contributed by atoms with E-state index in [1.54, 1.807) is 24.3 Å². The maximum Gasteiger partial charge on any atom is 0.288 e. The second-order valence-electron chi connectivity index (χ2n) is 6.98. The zero-order valence-electron chi connectivity index (χ0n) is 15.8. The van der Waals surface area contributed by atoms with E-state index in [9.17, 15) is 13.6 Å². The molecule has 2 aliphatic rings. The Hall–Kier alpha value is -2.32. The van der Waals surface area contributed by atoms with E-state index in [1.807, 2.05) is 18.2 Å². The maximum absolute atomic E-state index is 12.5. The van der Waals surface area contributed by atoms with Gasteiger partial charge in [0.15, 0.2) is 11.5 Å². The van der Waals surface area contributed by atoms with Crippen molar-refractivity contribution in [2.24, 2.45) is 0 Å². The third kappa shape index (κ3) is 5.00. The van der Waals surface area contributed by atoms with Crippen LogP contribution in [0.3, 0.4) is 0 Å². The monoisotopic (exact) mass is 420 g/mol. The lowest BCUT2D eigenvalue weighted by atomic mass is 10.0. The largest absolute Gasteiger partial charge is 0.486 e. The standard InChI is InChI=1S/C21H22F2N2O3S/c22-21(23)29-16-6-4-15(5-7-16)24-20(26)13-25-9-1-2-17(25)14-3-8-18-19(12-14)28-11-10-27-18/h3-8,12,17,21H,1-2,9-11,13H2,(H,24,26)/t17-/m1/s1. The molecule has 1 atom stereocenters. The second-order valence-corrected chi connectivity index (χ2v) is 8.05. The average molecular weight is 420 g/mol. The van der Waals surface area contributed by atoms with E-state index in [0.717, 1.165) is 36.4 Å². The molecular formula is C21H22F2N2O3S. The highest BCUT2D eigenvalue weighted by Gasteiger charge is 2.28. The van der Waals surface area contributed by atoms with Crippen LogP contribution < -0.4 is 14.8 Å². The Morgan fingerprint density at radius 1 is 1.14 bits per heavy atom. The highest BCUT2D eigenvalue weighted by Crippen LogP contribution is 2.38. The van der Waals surface area contributed by atoms with Crippen LogP contribution in [0.4, 0.5) is 14.5 Å². The summed E-state index contributed by atoms with van der Waals surface area (Å²) in [7, 11) is 0. The number of rotatable bonds is 6. The van der Waals surface area contributed by atoms with Crippen molar-refractivity contribution in [3.05, 3.63) is 48.0 Å². The van der Waals surface area contributed by atoms with Gasteiger partial charge in [0.05, 0.1) is 6.54 Å². The molecule has 1 saturated heterocycles. The molecule has 1 amide bonds. The van der Waals surface area contributed by atoms with Gasteiger partial charge in [-0.1, -0.05) is 17.8 Å². The van der Waals surface area contributed by atoms with Gasteiger partial charge in [0, 0.05) is 16.6 Å². The Morgan fingerprint density at radius 2 is 1.90 bits per heavy atom. The fraction of sp³-hybridized carbons (Fsp3) is 0.381. The Labute approximate surface area is 172 Å². The number of fused-ring (bicyclic) bond motifs is 1. The predicted octanol–water partition coefficient (Wildman–Crippen LogP) is 4.55. The molecule has 0 aliphatic carbocycles. The molecule has 0 aromatic heterocycles. The van der Waals surface area contributed by atoms with Gasteiger partial charge in [0.25, 0.3) is 5.76 Å².